The van der Waals surface area contributed by atoms with Crippen LogP contribution in [0.25, 0.3) is 0 Å². The number of likely N-dealkylation sites (tertiary alicyclic amines) is 1. The molecule has 2 fully saturated rings. The fourth-order valence-electron chi connectivity index (χ4n) is 4.43. The summed E-state index contributed by atoms with van der Waals surface area (Å²) in [6.07, 6.45) is 7.40. The fraction of sp³-hybridized carbons (Fsp3) is 0.480. The summed E-state index contributed by atoms with van der Waals surface area (Å²) in [6.45, 7) is 5.58. The first-order valence-electron chi connectivity index (χ1n) is 11.9. The summed E-state index contributed by atoms with van der Waals surface area (Å²) in [4.78, 5) is 23.9. The number of para-hydroxylation sites is 1. The van der Waals surface area contributed by atoms with Crippen molar-refractivity contribution in [2.45, 2.75) is 38.7 Å². The van der Waals surface area contributed by atoms with E-state index in [9.17, 15) is 9.90 Å². The molecule has 0 saturated carbocycles. The van der Waals surface area contributed by atoms with Crippen LogP contribution >= 0.6 is 0 Å². The number of benzene rings is 1. The van der Waals surface area contributed by atoms with Crippen molar-refractivity contribution < 1.29 is 14.6 Å². The van der Waals surface area contributed by atoms with Gasteiger partial charge in [0, 0.05) is 49.4 Å². The third-order valence-corrected chi connectivity index (χ3v) is 6.65. The molecule has 0 aliphatic carbocycles. The number of allylic oxidation sites excluding steroid dienone is 3. The average Bonchev–Trinajstić information content (AvgIpc) is 3.38. The molecule has 174 valence electrons. The van der Waals surface area contributed by atoms with E-state index in [2.05, 4.69) is 10.3 Å². The first-order valence-corrected chi connectivity index (χ1v) is 11.9. The van der Waals surface area contributed by atoms with Crippen molar-refractivity contribution >= 4 is 25.7 Å². The molecule has 3 aliphatic heterocycles. The summed E-state index contributed by atoms with van der Waals surface area (Å²) >= 11 is 0. The largest absolute Gasteiger partial charge is 0.507 e. The van der Waals surface area contributed by atoms with Crippen molar-refractivity contribution in [1.29, 1.82) is 0 Å². The molecular weight excluding hydrogens is 415 g/mol. The number of hydrogen-bond acceptors (Lipinski definition) is 6. The minimum absolute atomic E-state index is 0.161. The average molecular weight is 448 g/mol. The number of carbonyl (C=O) groups is 1. The number of nitrogens with zero attached hydrogens (tertiary/aromatic N) is 3. The summed E-state index contributed by atoms with van der Waals surface area (Å²) in [5, 5.41) is 14.0. The molecule has 8 heteroatoms. The van der Waals surface area contributed by atoms with Gasteiger partial charge in [0.1, 0.15) is 19.7 Å². The van der Waals surface area contributed by atoms with Gasteiger partial charge in [0.05, 0.1) is 12.3 Å². The molecule has 3 aliphatic rings. The molecule has 0 bridgehead atoms. The molecule has 1 amide bonds. The topological polar surface area (TPSA) is 86.5 Å². The first-order chi connectivity index (χ1) is 16.0. The SMILES string of the molecule is BC1=C(C)\N=C(c2ccccc2O)/C=C(/NCC2CCN(C(=O)C3CCCO3)CC2)C/N=C\1. The van der Waals surface area contributed by atoms with Gasteiger partial charge in [0.2, 0.25) is 0 Å². The van der Waals surface area contributed by atoms with Crippen LogP contribution in [-0.2, 0) is 9.53 Å². The molecule has 7 nitrogen and oxygen atoms in total. The standard InChI is InChI=1S/C25H33BN4O3/c1-17-21(26)16-27-15-19(13-22(29-17)20-5-2-3-6-23(20)31)28-14-18-8-10-30(11-9-18)25(32)24-7-4-12-33-24/h2-3,5-6,13,16,18,24,28,31H,4,7-12,14-15,26H2,1H3/b19-13+,21-17-,27-16-,29-22+. The predicted molar refractivity (Wildman–Crippen MR) is 134 cm³/mol. The van der Waals surface area contributed by atoms with Crippen molar-refractivity contribution in [1.82, 2.24) is 10.2 Å². The molecule has 0 spiro atoms. The Morgan fingerprint density at radius 3 is 2.79 bits per heavy atom. The third-order valence-electron chi connectivity index (χ3n) is 6.65. The molecule has 33 heavy (non-hydrogen) atoms. The zero-order chi connectivity index (χ0) is 23.2. The number of phenols is 1. The Labute approximate surface area is 196 Å². The molecule has 2 N–H and O–H groups in total. The number of carbonyl (C=O) groups excluding carboxylic acids is 1. The van der Waals surface area contributed by atoms with Crippen LogP contribution in [-0.4, -0.2) is 74.6 Å². The van der Waals surface area contributed by atoms with Crippen LogP contribution in [0, 0.1) is 5.92 Å². The van der Waals surface area contributed by atoms with Gasteiger partial charge in [0.15, 0.2) is 0 Å². The van der Waals surface area contributed by atoms with Gasteiger partial charge >= 0.3 is 0 Å². The number of phenolic OH excluding ortho intramolecular Hbond substituents is 1. The summed E-state index contributed by atoms with van der Waals surface area (Å²) in [6, 6.07) is 7.27. The van der Waals surface area contributed by atoms with E-state index in [0.29, 0.717) is 24.6 Å². The predicted octanol–water partition coefficient (Wildman–Crippen LogP) is 2.02. The number of ether oxygens (including phenoxy) is 1. The second-order valence-electron chi connectivity index (χ2n) is 9.07. The summed E-state index contributed by atoms with van der Waals surface area (Å²) in [5.74, 6) is 0.859. The van der Waals surface area contributed by atoms with E-state index in [4.69, 9.17) is 9.73 Å². The highest BCUT2D eigenvalue weighted by atomic mass is 16.5. The molecule has 2 saturated heterocycles. The van der Waals surface area contributed by atoms with Gasteiger partial charge in [-0.05, 0) is 56.7 Å². The van der Waals surface area contributed by atoms with Crippen LogP contribution in [0.3, 0.4) is 0 Å². The van der Waals surface area contributed by atoms with Crippen LogP contribution in [0.5, 0.6) is 5.75 Å². The number of rotatable bonds is 5. The van der Waals surface area contributed by atoms with Crippen LogP contribution in [0.1, 0.15) is 38.2 Å². The molecule has 1 aromatic rings. The maximum absolute atomic E-state index is 12.6. The van der Waals surface area contributed by atoms with Crippen molar-refractivity contribution in [2.75, 3.05) is 32.8 Å². The van der Waals surface area contributed by atoms with Crippen LogP contribution < -0.4 is 5.32 Å². The Bertz CT molecular complexity index is 987. The van der Waals surface area contributed by atoms with Gasteiger partial charge in [-0.2, -0.15) is 0 Å². The lowest BCUT2D eigenvalue weighted by Crippen LogP contribution is -2.45. The first kappa shape index (κ1) is 23.3. The highest BCUT2D eigenvalue weighted by molar-refractivity contribution is 6.33. The quantitative estimate of drug-likeness (QED) is 0.675. The Morgan fingerprint density at radius 2 is 2.06 bits per heavy atom. The highest BCUT2D eigenvalue weighted by Gasteiger charge is 2.30. The van der Waals surface area contributed by atoms with E-state index in [0.717, 1.165) is 67.9 Å². The monoisotopic (exact) mass is 448 g/mol. The normalized spacial score (nSPS) is 28.6. The Balaban J connectivity index is 1.41. The molecule has 4 rings (SSSR count). The van der Waals surface area contributed by atoms with E-state index >= 15 is 0 Å². The summed E-state index contributed by atoms with van der Waals surface area (Å²) in [7, 11) is 1.99. The lowest BCUT2D eigenvalue weighted by molar-refractivity contribution is -0.142. The minimum atomic E-state index is -0.228. The van der Waals surface area contributed by atoms with Gasteiger partial charge in [-0.1, -0.05) is 17.6 Å². The van der Waals surface area contributed by atoms with Crippen molar-refractivity contribution in [3.63, 3.8) is 0 Å². The number of amides is 1. The maximum Gasteiger partial charge on any atom is 0.251 e. The smallest absolute Gasteiger partial charge is 0.251 e. The molecular formula is C25H33BN4O3. The number of aromatic hydroxyl groups is 1. The second-order valence-corrected chi connectivity index (χ2v) is 9.07. The van der Waals surface area contributed by atoms with Crippen LogP contribution in [0.15, 0.2) is 57.2 Å². The molecule has 3 heterocycles. The Hall–Kier alpha value is -2.87. The van der Waals surface area contributed by atoms with Crippen molar-refractivity contribution in [3.8, 4) is 5.75 Å². The third kappa shape index (κ3) is 5.93. The lowest BCUT2D eigenvalue weighted by Gasteiger charge is -2.33. The van der Waals surface area contributed by atoms with Crippen LogP contribution in [0.4, 0.5) is 0 Å². The Morgan fingerprint density at radius 1 is 1.27 bits per heavy atom. The van der Waals surface area contributed by atoms with E-state index < -0.39 is 0 Å². The number of piperidine rings is 1. The number of hydrogen-bond donors (Lipinski definition) is 2. The lowest BCUT2D eigenvalue weighted by atomic mass is 9.95. The number of nitrogens with one attached hydrogen (secondary N) is 1. The second kappa shape index (κ2) is 10.8. The van der Waals surface area contributed by atoms with E-state index in [1.54, 1.807) is 6.07 Å². The zero-order valence-electron chi connectivity index (χ0n) is 19.6. The van der Waals surface area contributed by atoms with E-state index in [1.165, 1.54) is 0 Å². The summed E-state index contributed by atoms with van der Waals surface area (Å²) in [5.41, 5.74) is 4.26. The minimum Gasteiger partial charge on any atom is -0.507 e. The van der Waals surface area contributed by atoms with Gasteiger partial charge < -0.3 is 20.1 Å². The fourth-order valence-corrected chi connectivity index (χ4v) is 4.43. The molecule has 0 aromatic heterocycles. The van der Waals surface area contributed by atoms with Gasteiger partial charge in [-0.15, -0.1) is 0 Å². The van der Waals surface area contributed by atoms with Gasteiger partial charge in [0.25, 0.3) is 5.91 Å². The van der Waals surface area contributed by atoms with Crippen molar-refractivity contribution in [3.05, 3.63) is 52.8 Å². The molecule has 1 atom stereocenters. The van der Waals surface area contributed by atoms with Crippen LogP contribution in [0.2, 0.25) is 0 Å². The number of aliphatic imine (C=N–C) groups is 2. The van der Waals surface area contributed by atoms with Crippen molar-refractivity contribution in [2.24, 2.45) is 15.9 Å². The van der Waals surface area contributed by atoms with E-state index in [1.807, 2.05) is 50.2 Å². The Kier molecular flexibility index (Phi) is 7.65. The maximum atomic E-state index is 12.6. The molecule has 0 radical (unpaired) electrons. The molecule has 1 unspecified atom stereocenters. The van der Waals surface area contributed by atoms with Gasteiger partial charge in [-0.25, -0.2) is 0 Å². The van der Waals surface area contributed by atoms with E-state index in [-0.39, 0.29) is 17.8 Å². The zero-order valence-corrected chi connectivity index (χ0v) is 19.6. The molecule has 1 aromatic carbocycles. The highest BCUT2D eigenvalue weighted by Crippen LogP contribution is 2.22. The van der Waals surface area contributed by atoms with Gasteiger partial charge in [-0.3, -0.25) is 14.8 Å². The summed E-state index contributed by atoms with van der Waals surface area (Å²) < 4.78 is 5.57.